The zero-order valence-corrected chi connectivity index (χ0v) is 19.3. The first-order chi connectivity index (χ1) is 14.2. The number of thiocarbonyl (C=S) groups is 1. The highest BCUT2D eigenvalue weighted by Gasteiger charge is 2.20. The first-order valence-corrected chi connectivity index (χ1v) is 10.3. The molecule has 12 heteroatoms. The monoisotopic (exact) mass is 511 g/mol. The summed E-state index contributed by atoms with van der Waals surface area (Å²) in [5.41, 5.74) is 9.64. The van der Waals surface area contributed by atoms with Crippen LogP contribution in [0, 0.1) is 0 Å². The van der Waals surface area contributed by atoms with E-state index in [2.05, 4.69) is 31.6 Å². The summed E-state index contributed by atoms with van der Waals surface area (Å²) in [5.74, 6) is -0.509. The highest BCUT2D eigenvalue weighted by Crippen LogP contribution is 2.32. The number of rotatable bonds is 5. The van der Waals surface area contributed by atoms with Crippen LogP contribution in [0.1, 0.15) is 10.4 Å². The molecule has 0 atom stereocenters. The molecule has 9 nitrogen and oxygen atoms in total. The third-order valence-corrected chi connectivity index (χ3v) is 5.45. The molecule has 3 aromatic rings. The van der Waals surface area contributed by atoms with Gasteiger partial charge >= 0.3 is 0 Å². The molecule has 0 fully saturated rings. The summed E-state index contributed by atoms with van der Waals surface area (Å²) < 4.78 is 1.74. The van der Waals surface area contributed by atoms with Crippen molar-refractivity contribution in [2.45, 2.75) is 6.54 Å². The van der Waals surface area contributed by atoms with Gasteiger partial charge in [-0.2, -0.15) is 5.10 Å². The number of hydrogen-bond donors (Lipinski definition) is 3. The molecule has 0 unspecified atom stereocenters. The maximum Gasteiger partial charge on any atom is 0.271 e. The molecule has 0 bridgehead atoms. The fourth-order valence-electron chi connectivity index (χ4n) is 2.74. The van der Waals surface area contributed by atoms with Crippen LogP contribution >= 0.6 is 39.7 Å². The van der Waals surface area contributed by atoms with E-state index < -0.39 is 5.91 Å². The van der Waals surface area contributed by atoms with Gasteiger partial charge in [0.05, 0.1) is 32.5 Å². The summed E-state index contributed by atoms with van der Waals surface area (Å²) >= 11 is 14.8. The lowest BCUT2D eigenvalue weighted by atomic mass is 10.2. The van der Waals surface area contributed by atoms with Gasteiger partial charge < -0.3 is 15.2 Å². The van der Waals surface area contributed by atoms with E-state index in [1.54, 1.807) is 18.3 Å². The van der Waals surface area contributed by atoms with Crippen molar-refractivity contribution < 1.29 is 4.79 Å². The van der Waals surface area contributed by atoms with Crippen LogP contribution in [0.25, 0.3) is 10.9 Å². The molecule has 1 amide bonds. The Labute approximate surface area is 190 Å². The standard InChI is InChI=1S/C18H19BrClN7O2S/c1-25(2)5-6-26-9-10(7-12(19)17(26)29)16(28)24-27(18(21)30)14-4-3-13-11(15(14)20)8-22-23-13/h3-4,7-9H,5-6H2,1-2H3,(H2,21,30)(H,22,23)(H,24,28). The number of halogens is 2. The van der Waals surface area contributed by atoms with E-state index in [0.29, 0.717) is 29.2 Å². The second kappa shape index (κ2) is 9.13. The number of H-pyrrole nitrogens is 1. The molecule has 4 N–H and O–H groups in total. The van der Waals surface area contributed by atoms with E-state index in [4.69, 9.17) is 29.6 Å². The fourth-order valence-corrected chi connectivity index (χ4v) is 3.66. The summed E-state index contributed by atoms with van der Waals surface area (Å²) in [4.78, 5) is 27.2. The normalized spacial score (nSPS) is 11.1. The minimum absolute atomic E-state index is 0.104. The van der Waals surface area contributed by atoms with E-state index in [1.165, 1.54) is 21.8 Å². The number of carbonyl (C=O) groups excluding carboxylic acids is 1. The lowest BCUT2D eigenvalue weighted by molar-refractivity contribution is 0.0954. The number of likely N-dealkylation sites (N-methyl/N-ethyl adjacent to an activating group) is 1. The molecular formula is C18H19BrClN7O2S. The number of carbonyl (C=O) groups is 1. The zero-order valence-electron chi connectivity index (χ0n) is 16.1. The summed E-state index contributed by atoms with van der Waals surface area (Å²) in [6, 6.07) is 4.86. The Bertz CT molecular complexity index is 1180. The molecule has 0 aliphatic heterocycles. The Morgan fingerprint density at radius 3 is 2.83 bits per heavy atom. The van der Waals surface area contributed by atoms with Gasteiger partial charge in [-0.1, -0.05) is 11.6 Å². The van der Waals surface area contributed by atoms with Gasteiger partial charge in [-0.3, -0.25) is 20.1 Å². The molecule has 3 rings (SSSR count). The van der Waals surface area contributed by atoms with Crippen LogP contribution in [0.3, 0.4) is 0 Å². The molecule has 0 aliphatic rings. The first-order valence-electron chi connectivity index (χ1n) is 8.76. The van der Waals surface area contributed by atoms with Gasteiger partial charge in [0.15, 0.2) is 5.11 Å². The van der Waals surface area contributed by atoms with Crippen LogP contribution in [0.2, 0.25) is 5.02 Å². The Hall–Kier alpha value is -2.47. The van der Waals surface area contributed by atoms with Gasteiger partial charge in [-0.05, 0) is 60.4 Å². The summed E-state index contributed by atoms with van der Waals surface area (Å²) in [7, 11) is 3.80. The number of nitrogens with two attached hydrogens (primary N) is 1. The highest BCUT2D eigenvalue weighted by molar-refractivity contribution is 9.10. The number of nitrogens with one attached hydrogen (secondary N) is 2. The van der Waals surface area contributed by atoms with Crippen molar-refractivity contribution in [1.29, 1.82) is 0 Å². The van der Waals surface area contributed by atoms with Crippen LogP contribution in [0.5, 0.6) is 0 Å². The lowest BCUT2D eigenvalue weighted by Crippen LogP contribution is -2.49. The number of hydrazine groups is 1. The predicted molar refractivity (Wildman–Crippen MR) is 125 cm³/mol. The highest BCUT2D eigenvalue weighted by atomic mass is 79.9. The molecule has 0 spiro atoms. The zero-order chi connectivity index (χ0) is 22.0. The van der Waals surface area contributed by atoms with Crippen molar-refractivity contribution in [3.05, 3.63) is 56.0 Å². The SMILES string of the molecule is CN(C)CCn1cc(C(=O)NN(C(N)=S)c2ccc3[nH]ncc3c2Cl)cc(Br)c1=O. The number of aromatic amines is 1. The van der Waals surface area contributed by atoms with E-state index in [1.807, 2.05) is 19.0 Å². The van der Waals surface area contributed by atoms with Crippen LogP contribution < -0.4 is 21.7 Å². The minimum atomic E-state index is -0.509. The summed E-state index contributed by atoms with van der Waals surface area (Å²) in [6.45, 7) is 1.06. The molecule has 1 aromatic carbocycles. The molecule has 0 radical (unpaired) electrons. The summed E-state index contributed by atoms with van der Waals surface area (Å²) in [5, 5.41) is 8.86. The van der Waals surface area contributed by atoms with Crippen molar-refractivity contribution in [1.82, 2.24) is 25.1 Å². The molecule has 0 aliphatic carbocycles. The Balaban J connectivity index is 1.93. The Morgan fingerprint density at radius 2 is 2.17 bits per heavy atom. The largest absolute Gasteiger partial charge is 0.374 e. The number of aromatic nitrogens is 3. The van der Waals surface area contributed by atoms with Crippen molar-refractivity contribution >= 4 is 67.4 Å². The topological polar surface area (TPSA) is 112 Å². The molecule has 30 heavy (non-hydrogen) atoms. The van der Waals surface area contributed by atoms with E-state index in [9.17, 15) is 9.59 Å². The number of fused-ring (bicyclic) bond motifs is 1. The van der Waals surface area contributed by atoms with Crippen LogP contribution in [0.15, 0.2) is 39.9 Å². The Kier molecular flexibility index (Phi) is 6.76. The number of hydrogen-bond acceptors (Lipinski definition) is 5. The van der Waals surface area contributed by atoms with Gasteiger partial charge in [0.2, 0.25) is 0 Å². The number of nitrogens with zero attached hydrogens (tertiary/aromatic N) is 4. The van der Waals surface area contributed by atoms with Gasteiger partial charge in [0.25, 0.3) is 11.5 Å². The van der Waals surface area contributed by atoms with E-state index in [0.717, 1.165) is 5.52 Å². The molecule has 158 valence electrons. The number of anilines is 1. The number of benzene rings is 1. The number of amides is 1. The maximum absolute atomic E-state index is 12.9. The van der Waals surface area contributed by atoms with Crippen LogP contribution in [0.4, 0.5) is 5.69 Å². The third kappa shape index (κ3) is 4.64. The number of pyridine rings is 1. The molecule has 2 aromatic heterocycles. The van der Waals surface area contributed by atoms with Gasteiger partial charge in [-0.15, -0.1) is 0 Å². The van der Waals surface area contributed by atoms with Gasteiger partial charge in [0.1, 0.15) is 0 Å². The second-order valence-corrected chi connectivity index (χ2v) is 8.37. The maximum atomic E-state index is 12.9. The average Bonchev–Trinajstić information content (AvgIpc) is 3.17. The third-order valence-electron chi connectivity index (χ3n) is 4.31. The van der Waals surface area contributed by atoms with E-state index >= 15 is 0 Å². The van der Waals surface area contributed by atoms with Crippen molar-refractivity contribution in [3.8, 4) is 0 Å². The quantitative estimate of drug-likeness (QED) is 0.354. The van der Waals surface area contributed by atoms with E-state index in [-0.39, 0.29) is 20.7 Å². The first kappa shape index (κ1) is 22.2. The molecule has 2 heterocycles. The van der Waals surface area contributed by atoms with Crippen molar-refractivity contribution in [3.63, 3.8) is 0 Å². The lowest BCUT2D eigenvalue weighted by Gasteiger charge is -2.24. The second-order valence-electron chi connectivity index (χ2n) is 6.72. The van der Waals surface area contributed by atoms with Crippen molar-refractivity contribution in [2.75, 3.05) is 25.6 Å². The smallest absolute Gasteiger partial charge is 0.271 e. The van der Waals surface area contributed by atoms with Gasteiger partial charge in [-0.25, -0.2) is 5.01 Å². The minimum Gasteiger partial charge on any atom is -0.374 e. The average molecular weight is 513 g/mol. The van der Waals surface area contributed by atoms with Crippen LogP contribution in [-0.2, 0) is 6.54 Å². The molecule has 0 saturated carbocycles. The Morgan fingerprint density at radius 1 is 1.43 bits per heavy atom. The fraction of sp³-hybridized carbons (Fsp3) is 0.222. The molecule has 0 saturated heterocycles. The summed E-state index contributed by atoms with van der Waals surface area (Å²) in [6.07, 6.45) is 3.06. The van der Waals surface area contributed by atoms with Crippen molar-refractivity contribution in [2.24, 2.45) is 5.73 Å². The molecular weight excluding hydrogens is 494 g/mol. The predicted octanol–water partition coefficient (Wildman–Crippen LogP) is 2.10. The van der Waals surface area contributed by atoms with Crippen LogP contribution in [-0.4, -0.2) is 51.3 Å². The van der Waals surface area contributed by atoms with Gasteiger partial charge in [0, 0.05) is 24.7 Å².